The molecule has 2 aromatic rings. The molecule has 1 N–H and O–H groups in total. The lowest BCUT2D eigenvalue weighted by atomic mass is 10.1. The molecule has 1 aliphatic rings. The number of hydrogen-bond donors (Lipinski definition) is 1. The largest absolute Gasteiger partial charge is 0.338 e. The van der Waals surface area contributed by atoms with Crippen LogP contribution in [0, 0.1) is 5.82 Å². The first kappa shape index (κ1) is 13.6. The number of nitrogens with one attached hydrogen (secondary N) is 1. The van der Waals surface area contributed by atoms with Gasteiger partial charge in [0.1, 0.15) is 5.82 Å². The molecule has 1 fully saturated rings. The highest BCUT2D eigenvalue weighted by Gasteiger charge is 2.20. The second-order valence-corrected chi connectivity index (χ2v) is 5.84. The highest BCUT2D eigenvalue weighted by molar-refractivity contribution is 7.98. The van der Waals surface area contributed by atoms with E-state index in [4.69, 9.17) is 4.52 Å². The Morgan fingerprint density at radius 2 is 2.15 bits per heavy atom. The Bertz CT molecular complexity index is 552. The second-order valence-electron chi connectivity index (χ2n) is 4.79. The Morgan fingerprint density at radius 3 is 2.90 bits per heavy atom. The van der Waals surface area contributed by atoms with Crippen LogP contribution in [0.2, 0.25) is 0 Å². The van der Waals surface area contributed by atoms with Crippen LogP contribution in [0.1, 0.15) is 37.0 Å². The number of rotatable bonds is 4. The molecular weight excluding hydrogens is 277 g/mol. The summed E-state index contributed by atoms with van der Waals surface area (Å²) >= 11 is 1.57. The molecule has 1 aromatic carbocycles. The van der Waals surface area contributed by atoms with Gasteiger partial charge < -0.3 is 9.84 Å². The van der Waals surface area contributed by atoms with Crippen LogP contribution in [0.4, 0.5) is 4.39 Å². The Morgan fingerprint density at radius 1 is 1.30 bits per heavy atom. The summed E-state index contributed by atoms with van der Waals surface area (Å²) in [5.41, 5.74) is 0. The average Bonchev–Trinajstić information content (AvgIpc) is 2.97. The molecule has 1 aromatic heterocycles. The molecule has 6 heteroatoms. The van der Waals surface area contributed by atoms with Gasteiger partial charge >= 0.3 is 0 Å². The number of aromatic nitrogens is 2. The van der Waals surface area contributed by atoms with Gasteiger partial charge in [-0.3, -0.25) is 0 Å². The number of piperidine rings is 1. The van der Waals surface area contributed by atoms with Crippen LogP contribution in [0.5, 0.6) is 0 Å². The molecule has 0 spiro atoms. The smallest absolute Gasteiger partial charge is 0.243 e. The summed E-state index contributed by atoms with van der Waals surface area (Å²) in [5.74, 6) is 1.77. The summed E-state index contributed by atoms with van der Waals surface area (Å²) in [7, 11) is 0. The predicted molar refractivity (Wildman–Crippen MR) is 74.9 cm³/mol. The van der Waals surface area contributed by atoms with Crippen molar-refractivity contribution in [3.63, 3.8) is 0 Å². The average molecular weight is 293 g/mol. The Hall–Kier alpha value is -1.40. The Kier molecular flexibility index (Phi) is 4.32. The number of hydrogen-bond acceptors (Lipinski definition) is 5. The third-order valence-corrected chi connectivity index (χ3v) is 4.28. The maximum Gasteiger partial charge on any atom is 0.243 e. The predicted octanol–water partition coefficient (Wildman–Crippen LogP) is 3.32. The van der Waals surface area contributed by atoms with E-state index in [1.807, 2.05) is 0 Å². The Balaban J connectivity index is 1.58. The van der Waals surface area contributed by atoms with Crippen molar-refractivity contribution in [1.82, 2.24) is 15.5 Å². The van der Waals surface area contributed by atoms with E-state index >= 15 is 0 Å². The van der Waals surface area contributed by atoms with Crippen molar-refractivity contribution in [1.29, 1.82) is 0 Å². The van der Waals surface area contributed by atoms with Crippen molar-refractivity contribution >= 4 is 11.8 Å². The van der Waals surface area contributed by atoms with Gasteiger partial charge in [-0.15, -0.1) is 11.8 Å². The molecule has 1 aliphatic heterocycles. The van der Waals surface area contributed by atoms with Gasteiger partial charge in [-0.2, -0.15) is 4.98 Å². The molecule has 106 valence electrons. The minimum atomic E-state index is -0.223. The lowest BCUT2D eigenvalue weighted by Gasteiger charge is -2.19. The minimum Gasteiger partial charge on any atom is -0.338 e. The summed E-state index contributed by atoms with van der Waals surface area (Å²) in [5, 5.41) is 7.39. The van der Waals surface area contributed by atoms with E-state index in [2.05, 4.69) is 15.5 Å². The SMILES string of the molecule is Fc1ccc(SCc2noc([C@H]3CCCCN3)n2)cc1. The first-order chi connectivity index (χ1) is 9.81. The molecule has 2 heterocycles. The third-order valence-electron chi connectivity index (χ3n) is 3.27. The number of thioether (sulfide) groups is 1. The maximum atomic E-state index is 12.8. The van der Waals surface area contributed by atoms with Gasteiger partial charge in [-0.25, -0.2) is 4.39 Å². The van der Waals surface area contributed by atoms with Crippen LogP contribution >= 0.6 is 11.8 Å². The summed E-state index contributed by atoms with van der Waals surface area (Å²) < 4.78 is 18.1. The van der Waals surface area contributed by atoms with Crippen LogP contribution in [0.25, 0.3) is 0 Å². The standard InChI is InChI=1S/C14H16FN3OS/c15-10-4-6-11(7-5-10)20-9-13-17-14(19-18-13)12-3-1-2-8-16-12/h4-7,12,16H,1-3,8-9H2/t12-/m1/s1. The summed E-state index contributed by atoms with van der Waals surface area (Å²) in [6.07, 6.45) is 3.45. The van der Waals surface area contributed by atoms with Crippen molar-refractivity contribution in [2.24, 2.45) is 0 Å². The van der Waals surface area contributed by atoms with Crippen molar-refractivity contribution in [2.75, 3.05) is 6.54 Å². The number of halogens is 1. The normalized spacial score (nSPS) is 19.1. The fourth-order valence-electron chi connectivity index (χ4n) is 2.21. The van der Waals surface area contributed by atoms with E-state index in [-0.39, 0.29) is 11.9 Å². The van der Waals surface area contributed by atoms with E-state index in [0.717, 1.165) is 17.9 Å². The van der Waals surface area contributed by atoms with E-state index < -0.39 is 0 Å². The van der Waals surface area contributed by atoms with Gasteiger partial charge in [0.25, 0.3) is 0 Å². The minimum absolute atomic E-state index is 0.195. The van der Waals surface area contributed by atoms with E-state index in [9.17, 15) is 4.39 Å². The van der Waals surface area contributed by atoms with E-state index in [1.165, 1.54) is 25.0 Å². The fraction of sp³-hybridized carbons (Fsp3) is 0.429. The number of benzene rings is 1. The highest BCUT2D eigenvalue weighted by Crippen LogP contribution is 2.24. The van der Waals surface area contributed by atoms with Crippen molar-refractivity contribution < 1.29 is 8.91 Å². The zero-order valence-electron chi connectivity index (χ0n) is 11.0. The third kappa shape index (κ3) is 3.37. The molecule has 0 unspecified atom stereocenters. The van der Waals surface area contributed by atoms with Gasteiger partial charge in [-0.1, -0.05) is 11.6 Å². The molecule has 0 radical (unpaired) electrons. The molecule has 3 rings (SSSR count). The van der Waals surface area contributed by atoms with Crippen LogP contribution in [0.15, 0.2) is 33.7 Å². The lowest BCUT2D eigenvalue weighted by Crippen LogP contribution is -2.26. The molecule has 0 amide bonds. The van der Waals surface area contributed by atoms with Gasteiger partial charge in [0.05, 0.1) is 11.8 Å². The first-order valence-electron chi connectivity index (χ1n) is 6.75. The molecule has 1 atom stereocenters. The highest BCUT2D eigenvalue weighted by atomic mass is 32.2. The summed E-state index contributed by atoms with van der Waals surface area (Å²) in [6, 6.07) is 6.61. The van der Waals surface area contributed by atoms with Gasteiger partial charge in [0.2, 0.25) is 5.89 Å². The van der Waals surface area contributed by atoms with Crippen LogP contribution < -0.4 is 5.32 Å². The van der Waals surface area contributed by atoms with Crippen LogP contribution in [0.3, 0.4) is 0 Å². The van der Waals surface area contributed by atoms with Gasteiger partial charge in [0, 0.05) is 4.90 Å². The van der Waals surface area contributed by atoms with Crippen LogP contribution in [-0.2, 0) is 5.75 Å². The maximum absolute atomic E-state index is 12.8. The molecular formula is C14H16FN3OS. The van der Waals surface area contributed by atoms with Crippen molar-refractivity contribution in [3.05, 3.63) is 41.8 Å². The van der Waals surface area contributed by atoms with Crippen molar-refractivity contribution in [2.45, 2.75) is 36.0 Å². The molecule has 0 aliphatic carbocycles. The summed E-state index contributed by atoms with van der Waals surface area (Å²) in [6.45, 7) is 1.01. The molecule has 0 bridgehead atoms. The summed E-state index contributed by atoms with van der Waals surface area (Å²) in [4.78, 5) is 5.43. The quantitative estimate of drug-likeness (QED) is 0.876. The number of nitrogens with zero attached hydrogens (tertiary/aromatic N) is 2. The zero-order valence-corrected chi connectivity index (χ0v) is 11.8. The topological polar surface area (TPSA) is 51.0 Å². The van der Waals surface area contributed by atoms with Crippen LogP contribution in [-0.4, -0.2) is 16.7 Å². The van der Waals surface area contributed by atoms with Gasteiger partial charge in [0.15, 0.2) is 5.82 Å². The van der Waals surface area contributed by atoms with E-state index in [0.29, 0.717) is 17.5 Å². The fourth-order valence-corrected chi connectivity index (χ4v) is 2.95. The lowest BCUT2D eigenvalue weighted by molar-refractivity contribution is 0.296. The molecule has 4 nitrogen and oxygen atoms in total. The Labute approximate surface area is 121 Å². The first-order valence-corrected chi connectivity index (χ1v) is 7.74. The monoisotopic (exact) mass is 293 g/mol. The molecule has 20 heavy (non-hydrogen) atoms. The van der Waals surface area contributed by atoms with Crippen molar-refractivity contribution in [3.8, 4) is 0 Å². The zero-order chi connectivity index (χ0) is 13.8. The second kappa shape index (κ2) is 6.37. The molecule has 1 saturated heterocycles. The van der Waals surface area contributed by atoms with Gasteiger partial charge in [-0.05, 0) is 43.7 Å². The van der Waals surface area contributed by atoms with E-state index in [1.54, 1.807) is 23.9 Å². The molecule has 0 saturated carbocycles.